The lowest BCUT2D eigenvalue weighted by Crippen LogP contribution is -2.42. The van der Waals surface area contributed by atoms with E-state index in [4.69, 9.17) is 4.99 Å². The van der Waals surface area contributed by atoms with E-state index >= 15 is 0 Å². The fourth-order valence-electron chi connectivity index (χ4n) is 3.72. The molecule has 164 valence electrons. The number of rotatable bonds is 11. The first-order chi connectivity index (χ1) is 14.0. The van der Waals surface area contributed by atoms with E-state index in [0.717, 1.165) is 19.6 Å². The maximum atomic E-state index is 12.4. The average molecular weight is 424 g/mol. The lowest BCUT2D eigenvalue weighted by Gasteiger charge is -2.27. The minimum Gasteiger partial charge on any atom is -0.357 e. The first-order valence-corrected chi connectivity index (χ1v) is 12.4. The summed E-state index contributed by atoms with van der Waals surface area (Å²) in [5.41, 5.74) is 1.28. The number of nitrogens with one attached hydrogen (secondary N) is 2. The van der Waals surface area contributed by atoms with E-state index in [1.165, 1.54) is 22.7 Å². The summed E-state index contributed by atoms with van der Waals surface area (Å²) in [6.07, 6.45) is 2.46. The van der Waals surface area contributed by atoms with E-state index in [-0.39, 0.29) is 11.8 Å². The molecule has 1 heterocycles. The van der Waals surface area contributed by atoms with Gasteiger partial charge in [0.25, 0.3) is 0 Å². The summed E-state index contributed by atoms with van der Waals surface area (Å²) >= 11 is 0. The van der Waals surface area contributed by atoms with Crippen LogP contribution in [0.1, 0.15) is 45.2 Å². The second-order valence-corrected chi connectivity index (χ2v) is 9.30. The van der Waals surface area contributed by atoms with E-state index in [1.807, 2.05) is 26.8 Å². The molecule has 0 saturated carbocycles. The van der Waals surface area contributed by atoms with E-state index in [1.54, 1.807) is 0 Å². The van der Waals surface area contributed by atoms with Crippen molar-refractivity contribution in [2.45, 2.75) is 39.7 Å². The molecule has 1 saturated heterocycles. The SMILES string of the molecule is CCNC(=NCC(c1ccccc1)N1CCCC1)NCCS(=O)(=O)N(CC)CC. The van der Waals surface area contributed by atoms with Crippen molar-refractivity contribution < 1.29 is 8.42 Å². The summed E-state index contributed by atoms with van der Waals surface area (Å²) < 4.78 is 26.3. The molecule has 0 aliphatic carbocycles. The predicted molar refractivity (Wildman–Crippen MR) is 121 cm³/mol. The molecule has 7 nitrogen and oxygen atoms in total. The zero-order valence-corrected chi connectivity index (χ0v) is 18.9. The van der Waals surface area contributed by atoms with Gasteiger partial charge in [-0.2, -0.15) is 0 Å². The van der Waals surface area contributed by atoms with Crippen molar-refractivity contribution in [3.63, 3.8) is 0 Å². The Labute approximate surface area is 176 Å². The summed E-state index contributed by atoms with van der Waals surface area (Å²) in [4.78, 5) is 7.28. The fraction of sp³-hybridized carbons (Fsp3) is 0.667. The second-order valence-electron chi connectivity index (χ2n) is 7.22. The number of nitrogens with zero attached hydrogens (tertiary/aromatic N) is 3. The van der Waals surface area contributed by atoms with Crippen LogP contribution in [0.4, 0.5) is 0 Å². The zero-order chi connectivity index (χ0) is 21.1. The van der Waals surface area contributed by atoms with Gasteiger partial charge in [-0.3, -0.25) is 9.89 Å². The van der Waals surface area contributed by atoms with Crippen LogP contribution in [-0.2, 0) is 10.0 Å². The van der Waals surface area contributed by atoms with Crippen molar-refractivity contribution >= 4 is 16.0 Å². The summed E-state index contributed by atoms with van der Waals surface area (Å²) in [5, 5.41) is 6.43. The Balaban J connectivity index is 2.02. The van der Waals surface area contributed by atoms with Gasteiger partial charge < -0.3 is 10.6 Å². The highest BCUT2D eigenvalue weighted by Crippen LogP contribution is 2.25. The molecule has 8 heteroatoms. The molecule has 2 rings (SSSR count). The van der Waals surface area contributed by atoms with Gasteiger partial charge in [0.2, 0.25) is 10.0 Å². The third-order valence-corrected chi connectivity index (χ3v) is 7.31. The largest absolute Gasteiger partial charge is 0.357 e. The lowest BCUT2D eigenvalue weighted by molar-refractivity contribution is 0.251. The zero-order valence-electron chi connectivity index (χ0n) is 18.1. The van der Waals surface area contributed by atoms with Crippen LogP contribution in [0.25, 0.3) is 0 Å². The van der Waals surface area contributed by atoms with Crippen molar-refractivity contribution in [1.29, 1.82) is 0 Å². The highest BCUT2D eigenvalue weighted by atomic mass is 32.2. The molecule has 1 aromatic rings. The molecule has 1 atom stereocenters. The third-order valence-electron chi connectivity index (χ3n) is 5.28. The number of hydrogen-bond acceptors (Lipinski definition) is 4. The third kappa shape index (κ3) is 7.28. The molecule has 0 radical (unpaired) electrons. The Morgan fingerprint density at radius 1 is 1.10 bits per heavy atom. The molecule has 0 spiro atoms. The maximum Gasteiger partial charge on any atom is 0.215 e. The minimum absolute atomic E-state index is 0.0628. The number of benzene rings is 1. The van der Waals surface area contributed by atoms with Crippen LogP contribution >= 0.6 is 0 Å². The van der Waals surface area contributed by atoms with Gasteiger partial charge in [0.15, 0.2) is 5.96 Å². The van der Waals surface area contributed by atoms with Crippen LogP contribution in [0.5, 0.6) is 0 Å². The van der Waals surface area contributed by atoms with Gasteiger partial charge in [-0.15, -0.1) is 0 Å². The monoisotopic (exact) mass is 423 g/mol. The summed E-state index contributed by atoms with van der Waals surface area (Å²) in [6.45, 7) is 10.6. The smallest absolute Gasteiger partial charge is 0.215 e. The first-order valence-electron chi connectivity index (χ1n) is 10.8. The van der Waals surface area contributed by atoms with E-state index in [9.17, 15) is 8.42 Å². The van der Waals surface area contributed by atoms with Crippen molar-refractivity contribution in [3.8, 4) is 0 Å². The van der Waals surface area contributed by atoms with Crippen LogP contribution in [0.3, 0.4) is 0 Å². The molecule has 2 N–H and O–H groups in total. The average Bonchev–Trinajstić information content (AvgIpc) is 3.24. The van der Waals surface area contributed by atoms with Gasteiger partial charge in [0.05, 0.1) is 18.3 Å². The Morgan fingerprint density at radius 3 is 2.34 bits per heavy atom. The highest BCUT2D eigenvalue weighted by Gasteiger charge is 2.23. The number of hydrogen-bond donors (Lipinski definition) is 2. The van der Waals surface area contributed by atoms with Gasteiger partial charge >= 0.3 is 0 Å². The normalized spacial score (nSPS) is 16.9. The van der Waals surface area contributed by atoms with Crippen molar-refractivity contribution in [2.75, 3.05) is 51.6 Å². The molecular formula is C21H37N5O2S. The minimum atomic E-state index is -3.24. The molecule has 1 aliphatic heterocycles. The number of sulfonamides is 1. The Morgan fingerprint density at radius 2 is 1.76 bits per heavy atom. The van der Waals surface area contributed by atoms with Crippen molar-refractivity contribution in [3.05, 3.63) is 35.9 Å². The van der Waals surface area contributed by atoms with E-state index < -0.39 is 10.0 Å². The van der Waals surface area contributed by atoms with Crippen LogP contribution in [-0.4, -0.2) is 75.1 Å². The lowest BCUT2D eigenvalue weighted by atomic mass is 10.1. The molecule has 1 fully saturated rings. The molecule has 0 bridgehead atoms. The molecule has 29 heavy (non-hydrogen) atoms. The Bertz CT molecular complexity index is 714. The molecule has 1 aliphatic rings. The quantitative estimate of drug-likeness (QED) is 0.421. The van der Waals surface area contributed by atoms with Crippen LogP contribution in [0, 0.1) is 0 Å². The van der Waals surface area contributed by atoms with Gasteiger partial charge in [0, 0.05) is 26.2 Å². The summed E-state index contributed by atoms with van der Waals surface area (Å²) in [5.74, 6) is 0.732. The molecule has 0 amide bonds. The highest BCUT2D eigenvalue weighted by molar-refractivity contribution is 7.89. The van der Waals surface area contributed by atoms with Crippen molar-refractivity contribution in [1.82, 2.24) is 19.8 Å². The van der Waals surface area contributed by atoms with E-state index in [0.29, 0.717) is 32.1 Å². The second kappa shape index (κ2) is 12.1. The predicted octanol–water partition coefficient (Wildman–Crippen LogP) is 2.05. The van der Waals surface area contributed by atoms with Crippen LogP contribution in [0.2, 0.25) is 0 Å². The summed E-state index contributed by atoms with van der Waals surface area (Å²) in [6, 6.07) is 10.8. The Hall–Kier alpha value is -1.64. The van der Waals surface area contributed by atoms with Gasteiger partial charge in [0.1, 0.15) is 0 Å². The van der Waals surface area contributed by atoms with Gasteiger partial charge in [-0.25, -0.2) is 12.7 Å². The number of guanidine groups is 1. The standard InChI is InChI=1S/C21H37N5O2S/c1-4-22-21(23-14-17-29(27,28)26(5-2)6-3)24-18-20(25-15-10-11-16-25)19-12-8-7-9-13-19/h7-9,12-13,20H,4-6,10-11,14-18H2,1-3H3,(H2,22,23,24). The van der Waals surface area contributed by atoms with Gasteiger partial charge in [-0.05, 0) is 38.4 Å². The molecule has 1 unspecified atom stereocenters. The van der Waals surface area contributed by atoms with Crippen molar-refractivity contribution in [2.24, 2.45) is 4.99 Å². The van der Waals surface area contributed by atoms with Crippen LogP contribution < -0.4 is 10.6 Å². The maximum absolute atomic E-state index is 12.4. The topological polar surface area (TPSA) is 77.0 Å². The summed E-state index contributed by atoms with van der Waals surface area (Å²) in [7, 11) is -3.24. The van der Waals surface area contributed by atoms with Crippen LogP contribution in [0.15, 0.2) is 35.3 Å². The number of aliphatic imine (C=N–C) groups is 1. The molecule has 1 aromatic carbocycles. The molecular weight excluding hydrogens is 386 g/mol. The molecule has 0 aromatic heterocycles. The Kier molecular flexibility index (Phi) is 9.90. The van der Waals surface area contributed by atoms with E-state index in [2.05, 4.69) is 39.8 Å². The van der Waals surface area contributed by atoms with Gasteiger partial charge in [-0.1, -0.05) is 44.2 Å². The fourth-order valence-corrected chi connectivity index (χ4v) is 5.13. The number of likely N-dealkylation sites (tertiary alicyclic amines) is 1. The first kappa shape index (κ1) is 23.6.